The summed E-state index contributed by atoms with van der Waals surface area (Å²) < 4.78 is 27.5. The predicted octanol–water partition coefficient (Wildman–Crippen LogP) is 0.332. The van der Waals surface area contributed by atoms with Gasteiger partial charge in [0.05, 0.1) is 18.6 Å². The van der Waals surface area contributed by atoms with Crippen LogP contribution in [0.1, 0.15) is 6.42 Å². The van der Waals surface area contributed by atoms with Crippen LogP contribution in [0, 0.1) is 5.92 Å². The zero-order chi connectivity index (χ0) is 12.3. The highest BCUT2D eigenvalue weighted by Crippen LogP contribution is 2.19. The van der Waals surface area contributed by atoms with Crippen molar-refractivity contribution in [2.24, 2.45) is 5.92 Å². The maximum Gasteiger partial charge on any atom is 0.218 e. The first kappa shape index (κ1) is 12.1. The van der Waals surface area contributed by atoms with Gasteiger partial charge < -0.3 is 10.1 Å². The topological polar surface area (TPSA) is 81.2 Å². The average molecular weight is 257 g/mol. The molecule has 2 rings (SSSR count). The van der Waals surface area contributed by atoms with Crippen LogP contribution >= 0.6 is 0 Å². The van der Waals surface area contributed by atoms with Gasteiger partial charge in [0.1, 0.15) is 12.1 Å². The molecule has 1 unspecified atom stereocenters. The van der Waals surface area contributed by atoms with Crippen LogP contribution in [0.5, 0.6) is 5.88 Å². The van der Waals surface area contributed by atoms with E-state index in [1.165, 1.54) is 13.4 Å². The van der Waals surface area contributed by atoms with Gasteiger partial charge in [0, 0.05) is 12.6 Å². The quantitative estimate of drug-likeness (QED) is 0.837. The minimum absolute atomic E-state index is 0.168. The summed E-state index contributed by atoms with van der Waals surface area (Å²) in [6.07, 6.45) is 2.13. The average Bonchev–Trinajstić information content (AvgIpc) is 2.67. The van der Waals surface area contributed by atoms with E-state index in [-0.39, 0.29) is 11.7 Å². The molecule has 94 valence electrons. The van der Waals surface area contributed by atoms with E-state index in [1.807, 2.05) is 0 Å². The van der Waals surface area contributed by atoms with Crippen molar-refractivity contribution in [3.8, 4) is 5.88 Å². The molecule has 17 heavy (non-hydrogen) atoms. The van der Waals surface area contributed by atoms with Gasteiger partial charge in [0.2, 0.25) is 5.88 Å². The third kappa shape index (κ3) is 3.29. The molecular formula is C10H15N3O3S. The lowest BCUT2D eigenvalue weighted by Crippen LogP contribution is -2.16. The van der Waals surface area contributed by atoms with E-state index in [4.69, 9.17) is 4.74 Å². The van der Waals surface area contributed by atoms with E-state index in [2.05, 4.69) is 15.3 Å². The lowest BCUT2D eigenvalue weighted by molar-refractivity contribution is 0.397. The van der Waals surface area contributed by atoms with Gasteiger partial charge in [-0.3, -0.25) is 0 Å². The number of rotatable bonds is 4. The van der Waals surface area contributed by atoms with Crippen molar-refractivity contribution >= 4 is 15.7 Å². The van der Waals surface area contributed by atoms with Crippen molar-refractivity contribution in [3.05, 3.63) is 12.4 Å². The summed E-state index contributed by atoms with van der Waals surface area (Å²) in [5, 5.41) is 3.10. The minimum Gasteiger partial charge on any atom is -0.481 e. The third-order valence-corrected chi connectivity index (χ3v) is 4.59. The van der Waals surface area contributed by atoms with Gasteiger partial charge in [-0.2, -0.15) is 0 Å². The van der Waals surface area contributed by atoms with Gasteiger partial charge in [-0.1, -0.05) is 0 Å². The Morgan fingerprint density at radius 2 is 2.35 bits per heavy atom. The molecule has 0 bridgehead atoms. The largest absolute Gasteiger partial charge is 0.481 e. The molecule has 1 aliphatic heterocycles. The fraction of sp³-hybridized carbons (Fsp3) is 0.600. The molecule has 0 aromatic carbocycles. The first-order chi connectivity index (χ1) is 8.09. The standard InChI is InChI=1S/C10H15N3O3S/c1-16-10-4-9(12-7-13-10)11-5-8-2-3-17(14,15)6-8/h4,7-8H,2-3,5-6H2,1H3,(H,11,12,13). The van der Waals surface area contributed by atoms with Gasteiger partial charge in [-0.15, -0.1) is 0 Å². The number of ether oxygens (including phenoxy) is 1. The summed E-state index contributed by atoms with van der Waals surface area (Å²) in [5.74, 6) is 1.87. The molecule has 1 N–H and O–H groups in total. The van der Waals surface area contributed by atoms with Crippen LogP contribution in [0.15, 0.2) is 12.4 Å². The minimum atomic E-state index is -2.81. The molecule has 1 aromatic rings. The highest BCUT2D eigenvalue weighted by Gasteiger charge is 2.27. The Hall–Kier alpha value is -1.37. The summed E-state index contributed by atoms with van der Waals surface area (Å²) in [6, 6.07) is 1.68. The molecule has 0 aliphatic carbocycles. The number of nitrogens with zero attached hydrogens (tertiary/aromatic N) is 2. The summed E-state index contributed by atoms with van der Waals surface area (Å²) in [5.41, 5.74) is 0. The molecule has 7 heteroatoms. The second-order valence-corrected chi connectivity index (χ2v) is 6.32. The van der Waals surface area contributed by atoms with Gasteiger partial charge in [0.15, 0.2) is 9.84 Å². The maximum atomic E-state index is 11.3. The van der Waals surface area contributed by atoms with E-state index in [9.17, 15) is 8.42 Å². The lowest BCUT2D eigenvalue weighted by atomic mass is 10.1. The van der Waals surface area contributed by atoms with E-state index in [1.54, 1.807) is 6.07 Å². The first-order valence-corrected chi connectivity index (χ1v) is 7.21. The predicted molar refractivity (Wildman–Crippen MR) is 63.8 cm³/mol. The smallest absolute Gasteiger partial charge is 0.218 e. The van der Waals surface area contributed by atoms with E-state index in [0.717, 1.165) is 6.42 Å². The highest BCUT2D eigenvalue weighted by molar-refractivity contribution is 7.91. The fourth-order valence-electron chi connectivity index (χ4n) is 1.83. The van der Waals surface area contributed by atoms with Gasteiger partial charge >= 0.3 is 0 Å². The molecule has 0 radical (unpaired) electrons. The van der Waals surface area contributed by atoms with Gasteiger partial charge in [-0.25, -0.2) is 18.4 Å². The Kier molecular flexibility index (Phi) is 3.46. The maximum absolute atomic E-state index is 11.3. The number of hydrogen-bond acceptors (Lipinski definition) is 6. The molecule has 0 saturated carbocycles. The SMILES string of the molecule is COc1cc(NCC2CCS(=O)(=O)C2)ncn1. The Morgan fingerprint density at radius 3 is 3.00 bits per heavy atom. The molecule has 1 saturated heterocycles. The number of anilines is 1. The second-order valence-electron chi connectivity index (χ2n) is 4.10. The molecule has 6 nitrogen and oxygen atoms in total. The molecule has 0 spiro atoms. The van der Waals surface area contributed by atoms with E-state index < -0.39 is 9.84 Å². The second kappa shape index (κ2) is 4.87. The Morgan fingerprint density at radius 1 is 1.53 bits per heavy atom. The summed E-state index contributed by atoms with van der Waals surface area (Å²) in [7, 11) is -1.27. The Balaban J connectivity index is 1.90. The number of methoxy groups -OCH3 is 1. The van der Waals surface area contributed by atoms with Crippen LogP contribution in [-0.4, -0.2) is 43.5 Å². The summed E-state index contributed by atoms with van der Waals surface area (Å²) in [4.78, 5) is 7.92. The molecule has 0 amide bonds. The zero-order valence-electron chi connectivity index (χ0n) is 9.59. The number of hydrogen-bond donors (Lipinski definition) is 1. The van der Waals surface area contributed by atoms with Crippen LogP contribution < -0.4 is 10.1 Å². The van der Waals surface area contributed by atoms with Gasteiger partial charge in [-0.05, 0) is 12.3 Å². The summed E-state index contributed by atoms with van der Waals surface area (Å²) >= 11 is 0. The van der Waals surface area contributed by atoms with Crippen molar-refractivity contribution in [2.45, 2.75) is 6.42 Å². The van der Waals surface area contributed by atoms with Crippen LogP contribution in [0.2, 0.25) is 0 Å². The summed E-state index contributed by atoms with van der Waals surface area (Å²) in [6.45, 7) is 0.611. The van der Waals surface area contributed by atoms with Gasteiger partial charge in [0.25, 0.3) is 0 Å². The molecule has 2 heterocycles. The van der Waals surface area contributed by atoms with Crippen LogP contribution in [0.25, 0.3) is 0 Å². The number of nitrogens with one attached hydrogen (secondary N) is 1. The first-order valence-electron chi connectivity index (χ1n) is 5.39. The number of sulfone groups is 1. The fourth-order valence-corrected chi connectivity index (χ4v) is 3.69. The highest BCUT2D eigenvalue weighted by atomic mass is 32.2. The van der Waals surface area contributed by atoms with Crippen LogP contribution in [-0.2, 0) is 9.84 Å². The van der Waals surface area contributed by atoms with Crippen molar-refractivity contribution in [1.82, 2.24) is 9.97 Å². The Bertz CT molecular complexity index is 489. The van der Waals surface area contributed by atoms with E-state index >= 15 is 0 Å². The normalized spacial score (nSPS) is 22.3. The molecular weight excluding hydrogens is 242 g/mol. The molecule has 1 fully saturated rings. The van der Waals surface area contributed by atoms with Crippen LogP contribution in [0.4, 0.5) is 5.82 Å². The molecule has 1 aliphatic rings. The van der Waals surface area contributed by atoms with Crippen LogP contribution in [0.3, 0.4) is 0 Å². The Labute approximate surface area is 100 Å². The van der Waals surface area contributed by atoms with Crippen molar-refractivity contribution < 1.29 is 13.2 Å². The lowest BCUT2D eigenvalue weighted by Gasteiger charge is -2.10. The zero-order valence-corrected chi connectivity index (χ0v) is 10.4. The monoisotopic (exact) mass is 257 g/mol. The third-order valence-electron chi connectivity index (χ3n) is 2.75. The number of aromatic nitrogens is 2. The van der Waals surface area contributed by atoms with Crippen molar-refractivity contribution in [3.63, 3.8) is 0 Å². The molecule has 1 aromatic heterocycles. The van der Waals surface area contributed by atoms with E-state index in [0.29, 0.717) is 24.0 Å². The van der Waals surface area contributed by atoms with Crippen molar-refractivity contribution in [2.75, 3.05) is 30.5 Å². The molecule has 1 atom stereocenters. The van der Waals surface area contributed by atoms with Crippen molar-refractivity contribution in [1.29, 1.82) is 0 Å².